The van der Waals surface area contributed by atoms with Crippen molar-refractivity contribution < 1.29 is 9.18 Å². The lowest BCUT2D eigenvalue weighted by Gasteiger charge is -2.33. The van der Waals surface area contributed by atoms with Crippen LogP contribution in [0, 0.1) is 5.82 Å². The number of nitrogens with one attached hydrogen (secondary N) is 1. The van der Waals surface area contributed by atoms with Gasteiger partial charge < -0.3 is 9.88 Å². The van der Waals surface area contributed by atoms with Gasteiger partial charge in [-0.2, -0.15) is 5.10 Å². The van der Waals surface area contributed by atoms with E-state index in [2.05, 4.69) is 20.1 Å². The summed E-state index contributed by atoms with van der Waals surface area (Å²) in [6.07, 6.45) is 5.85. The Balaban J connectivity index is 1.45. The summed E-state index contributed by atoms with van der Waals surface area (Å²) in [7, 11) is 0. The average Bonchev–Trinajstić information content (AvgIpc) is 3.14. The number of thiazole rings is 1. The van der Waals surface area contributed by atoms with Crippen molar-refractivity contribution in [3.8, 4) is 0 Å². The number of para-hydroxylation sites is 1. The number of rotatable bonds is 3. The molecule has 2 aliphatic rings. The van der Waals surface area contributed by atoms with Crippen LogP contribution in [-0.4, -0.2) is 42.1 Å². The van der Waals surface area contributed by atoms with Crippen molar-refractivity contribution in [1.82, 2.24) is 29.6 Å². The first-order chi connectivity index (χ1) is 14.6. The molecule has 30 heavy (non-hydrogen) atoms. The van der Waals surface area contributed by atoms with E-state index >= 15 is 0 Å². The van der Waals surface area contributed by atoms with Gasteiger partial charge in [-0.15, -0.1) is 11.3 Å². The van der Waals surface area contributed by atoms with Crippen LogP contribution in [0.2, 0.25) is 5.15 Å². The van der Waals surface area contributed by atoms with Crippen LogP contribution >= 0.6 is 22.9 Å². The molecule has 0 bridgehead atoms. The Kier molecular flexibility index (Phi) is 3.97. The van der Waals surface area contributed by atoms with Crippen LogP contribution in [0.1, 0.15) is 51.7 Å². The Morgan fingerprint density at radius 1 is 1.33 bits per heavy atom. The van der Waals surface area contributed by atoms with Crippen LogP contribution in [0.25, 0.3) is 10.2 Å². The summed E-state index contributed by atoms with van der Waals surface area (Å²) < 4.78 is 16.7. The van der Waals surface area contributed by atoms with Gasteiger partial charge >= 0.3 is 0 Å². The van der Waals surface area contributed by atoms with Gasteiger partial charge in [0.25, 0.3) is 5.91 Å². The summed E-state index contributed by atoms with van der Waals surface area (Å²) in [4.78, 5) is 27.4. The quantitative estimate of drug-likeness (QED) is 0.517. The largest absolute Gasteiger partial charge is 0.348 e. The number of carbonyl (C=O) groups is 1. The highest BCUT2D eigenvalue weighted by atomic mass is 35.5. The molecule has 1 atom stereocenters. The highest BCUT2D eigenvalue weighted by molar-refractivity contribution is 7.18. The highest BCUT2D eigenvalue weighted by Crippen LogP contribution is 2.41. The number of amides is 1. The summed E-state index contributed by atoms with van der Waals surface area (Å²) >= 11 is 7.87. The van der Waals surface area contributed by atoms with Gasteiger partial charge in [-0.1, -0.05) is 17.7 Å². The molecular formula is C20H16ClFN6OS. The van der Waals surface area contributed by atoms with Crippen molar-refractivity contribution in [2.45, 2.75) is 31.3 Å². The van der Waals surface area contributed by atoms with Crippen LogP contribution in [0.5, 0.6) is 0 Å². The van der Waals surface area contributed by atoms with Gasteiger partial charge in [0.1, 0.15) is 27.5 Å². The van der Waals surface area contributed by atoms with E-state index in [0.717, 1.165) is 28.9 Å². The van der Waals surface area contributed by atoms with E-state index in [-0.39, 0.29) is 17.8 Å². The van der Waals surface area contributed by atoms with E-state index in [1.165, 1.54) is 23.6 Å². The number of H-pyrrole nitrogens is 1. The van der Waals surface area contributed by atoms with E-state index in [9.17, 15) is 9.18 Å². The first-order valence-electron chi connectivity index (χ1n) is 9.73. The molecule has 1 saturated carbocycles. The molecule has 4 heterocycles. The van der Waals surface area contributed by atoms with Gasteiger partial charge in [-0.05, 0) is 25.0 Å². The molecule has 1 N–H and O–H groups in total. The lowest BCUT2D eigenvalue weighted by Crippen LogP contribution is -2.40. The number of hydrogen-bond donors (Lipinski definition) is 1. The second kappa shape index (κ2) is 6.61. The molecule has 10 heteroatoms. The van der Waals surface area contributed by atoms with E-state index < -0.39 is 6.04 Å². The minimum Gasteiger partial charge on any atom is -0.348 e. The second-order valence-electron chi connectivity index (χ2n) is 7.58. The van der Waals surface area contributed by atoms with Crippen LogP contribution < -0.4 is 0 Å². The maximum atomic E-state index is 14.3. The zero-order chi connectivity index (χ0) is 20.4. The summed E-state index contributed by atoms with van der Waals surface area (Å²) in [6, 6.07) is 4.65. The van der Waals surface area contributed by atoms with Crippen molar-refractivity contribution in [3.63, 3.8) is 0 Å². The van der Waals surface area contributed by atoms with E-state index in [0.29, 0.717) is 34.2 Å². The zero-order valence-corrected chi connectivity index (χ0v) is 17.3. The molecule has 0 unspecified atom stereocenters. The fourth-order valence-corrected chi connectivity index (χ4v) is 5.42. The average molecular weight is 443 g/mol. The molecule has 1 amide bonds. The van der Waals surface area contributed by atoms with Crippen LogP contribution in [0.3, 0.4) is 0 Å². The monoisotopic (exact) mass is 442 g/mol. The summed E-state index contributed by atoms with van der Waals surface area (Å²) in [5.74, 6) is -0.593. The number of benzene rings is 1. The predicted octanol–water partition coefficient (Wildman–Crippen LogP) is 4.13. The minimum atomic E-state index is -0.510. The molecule has 6 rings (SSSR count). The first kappa shape index (κ1) is 18.0. The van der Waals surface area contributed by atoms with Crippen molar-refractivity contribution in [1.29, 1.82) is 0 Å². The van der Waals surface area contributed by atoms with Gasteiger partial charge in [0.15, 0.2) is 0 Å². The molecule has 0 saturated heterocycles. The van der Waals surface area contributed by atoms with Crippen LogP contribution in [0.4, 0.5) is 4.39 Å². The molecule has 152 valence electrons. The normalized spacial score (nSPS) is 18.7. The second-order valence-corrected chi connectivity index (χ2v) is 9.00. The molecule has 3 aromatic heterocycles. The Bertz CT molecular complexity index is 1290. The number of halogens is 2. The summed E-state index contributed by atoms with van der Waals surface area (Å²) in [5, 5.41) is 5.32. The number of nitrogens with zero attached hydrogens (tertiary/aromatic N) is 5. The molecule has 0 spiro atoms. The molecule has 1 fully saturated rings. The Hall–Kier alpha value is -2.78. The van der Waals surface area contributed by atoms with Gasteiger partial charge in [-0.3, -0.25) is 9.48 Å². The standard InChI is InChI=1S/C20H16ClFN6OS/c21-18-11(8-25-28(18)10-4-5-10)20(29)27-7-6-13-16(24-9-23-13)17(27)19-26-15-12(22)2-1-3-14(15)30-19/h1-3,8-10,17H,4-7H2,(H,23,24)/t17-/m0/s1. The molecule has 0 radical (unpaired) electrons. The molecule has 1 aliphatic carbocycles. The van der Waals surface area contributed by atoms with Gasteiger partial charge in [-0.25, -0.2) is 14.4 Å². The molecule has 1 aliphatic heterocycles. The first-order valence-corrected chi connectivity index (χ1v) is 10.9. The van der Waals surface area contributed by atoms with E-state index in [1.807, 2.05) is 6.07 Å². The fourth-order valence-electron chi connectivity index (χ4n) is 4.01. The van der Waals surface area contributed by atoms with Crippen molar-refractivity contribution in [3.05, 3.63) is 63.7 Å². The zero-order valence-electron chi connectivity index (χ0n) is 15.7. The fraction of sp³-hybridized carbons (Fsp3) is 0.300. The minimum absolute atomic E-state index is 0.217. The van der Waals surface area contributed by atoms with Crippen molar-refractivity contribution in [2.75, 3.05) is 6.54 Å². The Morgan fingerprint density at radius 3 is 3.00 bits per heavy atom. The molecular weight excluding hydrogens is 427 g/mol. The summed E-state index contributed by atoms with van der Waals surface area (Å²) in [6.45, 7) is 0.474. The highest BCUT2D eigenvalue weighted by Gasteiger charge is 2.38. The van der Waals surface area contributed by atoms with E-state index in [4.69, 9.17) is 11.6 Å². The van der Waals surface area contributed by atoms with Gasteiger partial charge in [0.2, 0.25) is 0 Å². The van der Waals surface area contributed by atoms with Gasteiger partial charge in [0.05, 0.1) is 34.5 Å². The maximum Gasteiger partial charge on any atom is 0.259 e. The third-order valence-electron chi connectivity index (χ3n) is 5.66. The Labute approximate surface area is 179 Å². The predicted molar refractivity (Wildman–Crippen MR) is 110 cm³/mol. The molecule has 4 aromatic rings. The van der Waals surface area contributed by atoms with Gasteiger partial charge in [0, 0.05) is 18.7 Å². The van der Waals surface area contributed by atoms with E-state index in [1.54, 1.807) is 22.0 Å². The lowest BCUT2D eigenvalue weighted by atomic mass is 10.0. The lowest BCUT2D eigenvalue weighted by molar-refractivity contribution is 0.0690. The van der Waals surface area contributed by atoms with Crippen LogP contribution in [0.15, 0.2) is 30.7 Å². The number of carbonyl (C=O) groups excluding carboxylic acids is 1. The van der Waals surface area contributed by atoms with Crippen molar-refractivity contribution >= 4 is 39.1 Å². The maximum absolute atomic E-state index is 14.3. The third kappa shape index (κ3) is 2.69. The number of hydrogen-bond acceptors (Lipinski definition) is 5. The topological polar surface area (TPSA) is 79.7 Å². The molecule has 7 nitrogen and oxygen atoms in total. The summed E-state index contributed by atoms with van der Waals surface area (Å²) in [5.41, 5.74) is 2.38. The Morgan fingerprint density at radius 2 is 2.20 bits per heavy atom. The number of imidazole rings is 1. The smallest absolute Gasteiger partial charge is 0.259 e. The third-order valence-corrected chi connectivity index (χ3v) is 7.11. The number of fused-ring (bicyclic) bond motifs is 2. The van der Waals surface area contributed by atoms with Crippen molar-refractivity contribution in [2.24, 2.45) is 0 Å². The number of aromatic nitrogens is 5. The number of aromatic amines is 1. The molecule has 1 aromatic carbocycles. The SMILES string of the molecule is O=C(c1cnn(C2CC2)c1Cl)N1CCc2[nH]cnc2[C@H]1c1nc2c(F)cccc2s1. The van der Waals surface area contributed by atoms with Crippen LogP contribution in [-0.2, 0) is 6.42 Å².